The van der Waals surface area contributed by atoms with Gasteiger partial charge in [-0.05, 0) is 12.1 Å². The van der Waals surface area contributed by atoms with Gasteiger partial charge in [0.05, 0.1) is 4.92 Å². The number of nitro benzene ring substituents is 1. The largest absolute Gasteiger partial charge is 0.481 e. The highest BCUT2D eigenvalue weighted by Gasteiger charge is 2.17. The average Bonchev–Trinajstić information content (AvgIpc) is 2.19. The number of carboxylic acids is 1. The molecule has 0 saturated carbocycles. The maximum Gasteiger partial charge on any atom is 0.312 e. The molecule has 0 aliphatic heterocycles. The monoisotopic (exact) mass is 302 g/mol. The van der Waals surface area contributed by atoms with Crippen LogP contribution in [0.4, 0.5) is 11.4 Å². The van der Waals surface area contributed by atoms with Crippen molar-refractivity contribution in [2.75, 3.05) is 5.32 Å². The van der Waals surface area contributed by atoms with Crippen LogP contribution < -0.4 is 5.32 Å². The summed E-state index contributed by atoms with van der Waals surface area (Å²) < 4.78 is 0.487. The summed E-state index contributed by atoms with van der Waals surface area (Å²) in [5, 5.41) is 21.2. The summed E-state index contributed by atoms with van der Waals surface area (Å²) >= 11 is 3.06. The number of benzene rings is 1. The van der Waals surface area contributed by atoms with E-state index in [0.717, 1.165) is 0 Å². The van der Waals surface area contributed by atoms with Crippen molar-refractivity contribution in [3.8, 4) is 0 Å². The lowest BCUT2D eigenvalue weighted by molar-refractivity contribution is -0.384. The van der Waals surface area contributed by atoms with E-state index in [9.17, 15) is 19.7 Å². The molecule has 1 rings (SSSR count). The highest BCUT2D eigenvalue weighted by Crippen LogP contribution is 2.27. The Morgan fingerprint density at radius 1 is 1.47 bits per heavy atom. The standard InChI is InChI=1S/C9H7BrN2O5/c10-5-1-2-6(7(3-5)12(16)17)11-8(13)4-9(14)15/h1-3H,4H2,(H,11,13)(H,14,15). The molecule has 0 unspecified atom stereocenters. The van der Waals surface area contributed by atoms with Crippen molar-refractivity contribution in [1.82, 2.24) is 0 Å². The molecule has 8 heteroatoms. The molecule has 0 aliphatic carbocycles. The summed E-state index contributed by atoms with van der Waals surface area (Å²) in [4.78, 5) is 31.5. The number of amides is 1. The fourth-order valence-corrected chi connectivity index (χ4v) is 1.44. The third kappa shape index (κ3) is 3.83. The van der Waals surface area contributed by atoms with Crippen molar-refractivity contribution in [3.63, 3.8) is 0 Å². The zero-order chi connectivity index (χ0) is 13.0. The maximum absolute atomic E-state index is 11.2. The number of carboxylic acid groups (broad SMARTS) is 1. The number of nitrogens with zero attached hydrogens (tertiary/aromatic N) is 1. The number of nitrogens with one attached hydrogen (secondary N) is 1. The predicted molar refractivity (Wildman–Crippen MR) is 61.7 cm³/mol. The van der Waals surface area contributed by atoms with Gasteiger partial charge in [-0.15, -0.1) is 0 Å². The van der Waals surface area contributed by atoms with Crippen LogP contribution in [0.1, 0.15) is 6.42 Å². The van der Waals surface area contributed by atoms with Gasteiger partial charge in [0.15, 0.2) is 0 Å². The fourth-order valence-electron chi connectivity index (χ4n) is 1.09. The van der Waals surface area contributed by atoms with Gasteiger partial charge >= 0.3 is 5.97 Å². The number of aliphatic carboxylic acids is 1. The lowest BCUT2D eigenvalue weighted by Gasteiger charge is -2.04. The van der Waals surface area contributed by atoms with Gasteiger partial charge in [0, 0.05) is 10.5 Å². The smallest absolute Gasteiger partial charge is 0.312 e. The van der Waals surface area contributed by atoms with Crippen LogP contribution in [0.5, 0.6) is 0 Å². The number of carbonyl (C=O) groups excluding carboxylic acids is 1. The van der Waals surface area contributed by atoms with Crippen LogP contribution >= 0.6 is 15.9 Å². The van der Waals surface area contributed by atoms with Crippen molar-refractivity contribution in [2.24, 2.45) is 0 Å². The molecule has 0 fully saturated rings. The first kappa shape index (κ1) is 13.1. The zero-order valence-electron chi connectivity index (χ0n) is 8.34. The Kier molecular flexibility index (Phi) is 4.16. The summed E-state index contributed by atoms with van der Waals surface area (Å²) in [6, 6.07) is 4.04. The second-order valence-electron chi connectivity index (χ2n) is 3.04. The minimum atomic E-state index is -1.30. The van der Waals surface area contributed by atoms with E-state index in [2.05, 4.69) is 21.2 Å². The van der Waals surface area contributed by atoms with Crippen molar-refractivity contribution in [2.45, 2.75) is 6.42 Å². The van der Waals surface area contributed by atoms with Crippen LogP contribution in [-0.2, 0) is 9.59 Å². The molecule has 0 aliphatic rings. The molecular weight excluding hydrogens is 296 g/mol. The molecule has 0 heterocycles. The number of anilines is 1. The minimum absolute atomic E-state index is 0.0375. The number of nitro groups is 1. The molecule has 1 aromatic carbocycles. The zero-order valence-corrected chi connectivity index (χ0v) is 9.93. The molecular formula is C9H7BrN2O5. The number of carbonyl (C=O) groups is 2. The van der Waals surface area contributed by atoms with Gasteiger partial charge in [-0.2, -0.15) is 0 Å². The first-order chi connectivity index (χ1) is 7.90. The topological polar surface area (TPSA) is 110 Å². The Labute approximate surface area is 104 Å². The Morgan fingerprint density at radius 3 is 2.65 bits per heavy atom. The van der Waals surface area contributed by atoms with Crippen LogP contribution in [0.2, 0.25) is 0 Å². The predicted octanol–water partition coefficient (Wildman–Crippen LogP) is 1.77. The lowest BCUT2D eigenvalue weighted by atomic mass is 10.2. The molecule has 0 radical (unpaired) electrons. The summed E-state index contributed by atoms with van der Waals surface area (Å²) in [6.45, 7) is 0. The van der Waals surface area contributed by atoms with Gasteiger partial charge in [-0.3, -0.25) is 19.7 Å². The first-order valence-corrected chi connectivity index (χ1v) is 5.15. The van der Waals surface area contributed by atoms with Crippen molar-refractivity contribution < 1.29 is 19.6 Å². The number of hydrogen-bond donors (Lipinski definition) is 2. The fraction of sp³-hybridized carbons (Fsp3) is 0.111. The van der Waals surface area contributed by atoms with Gasteiger partial charge in [-0.25, -0.2) is 0 Å². The van der Waals surface area contributed by atoms with E-state index in [1.54, 1.807) is 0 Å². The second-order valence-corrected chi connectivity index (χ2v) is 3.95. The second kappa shape index (κ2) is 5.39. The number of halogens is 1. The van der Waals surface area contributed by atoms with Gasteiger partial charge in [0.25, 0.3) is 5.69 Å². The van der Waals surface area contributed by atoms with Gasteiger partial charge in [0.2, 0.25) is 5.91 Å². The highest BCUT2D eigenvalue weighted by molar-refractivity contribution is 9.10. The van der Waals surface area contributed by atoms with Crippen LogP contribution in [-0.4, -0.2) is 21.9 Å². The van der Waals surface area contributed by atoms with Crippen LogP contribution in [0, 0.1) is 10.1 Å². The summed E-state index contributed by atoms with van der Waals surface area (Å²) in [7, 11) is 0. The molecule has 1 amide bonds. The van der Waals surface area contributed by atoms with Crippen molar-refractivity contribution >= 4 is 39.2 Å². The van der Waals surface area contributed by atoms with E-state index in [1.165, 1.54) is 18.2 Å². The molecule has 1 aromatic rings. The molecule has 2 N–H and O–H groups in total. The Hall–Kier alpha value is -1.96. The molecule has 0 atom stereocenters. The Morgan fingerprint density at radius 2 is 2.12 bits per heavy atom. The highest BCUT2D eigenvalue weighted by atomic mass is 79.9. The average molecular weight is 303 g/mol. The van der Waals surface area contributed by atoms with E-state index < -0.39 is 23.2 Å². The molecule has 0 bridgehead atoms. The van der Waals surface area contributed by atoms with E-state index in [-0.39, 0.29) is 11.4 Å². The minimum Gasteiger partial charge on any atom is -0.481 e. The van der Waals surface area contributed by atoms with Crippen LogP contribution in [0.25, 0.3) is 0 Å². The summed E-state index contributed by atoms with van der Waals surface area (Å²) in [5.41, 5.74) is -0.345. The van der Waals surface area contributed by atoms with Crippen LogP contribution in [0.15, 0.2) is 22.7 Å². The Bertz CT molecular complexity index is 488. The van der Waals surface area contributed by atoms with Crippen LogP contribution in [0.3, 0.4) is 0 Å². The van der Waals surface area contributed by atoms with E-state index in [4.69, 9.17) is 5.11 Å². The Balaban J connectivity index is 2.94. The molecule has 90 valence electrons. The number of hydrogen-bond acceptors (Lipinski definition) is 4. The van der Waals surface area contributed by atoms with Gasteiger partial charge in [0.1, 0.15) is 12.1 Å². The van der Waals surface area contributed by atoms with E-state index in [0.29, 0.717) is 4.47 Å². The lowest BCUT2D eigenvalue weighted by Crippen LogP contribution is -2.16. The third-order valence-corrected chi connectivity index (χ3v) is 2.24. The SMILES string of the molecule is O=C(O)CC(=O)Nc1ccc(Br)cc1[N+](=O)[O-]. The summed E-state index contributed by atoms with van der Waals surface area (Å²) in [6.07, 6.45) is -0.743. The van der Waals surface area contributed by atoms with Crippen molar-refractivity contribution in [1.29, 1.82) is 0 Å². The molecule has 0 aromatic heterocycles. The molecule has 17 heavy (non-hydrogen) atoms. The maximum atomic E-state index is 11.2. The van der Waals surface area contributed by atoms with E-state index >= 15 is 0 Å². The molecule has 7 nitrogen and oxygen atoms in total. The third-order valence-electron chi connectivity index (χ3n) is 1.74. The first-order valence-electron chi connectivity index (χ1n) is 4.35. The van der Waals surface area contributed by atoms with Crippen molar-refractivity contribution in [3.05, 3.63) is 32.8 Å². The van der Waals surface area contributed by atoms with E-state index in [1.807, 2.05) is 0 Å². The quantitative estimate of drug-likeness (QED) is 0.500. The summed E-state index contributed by atoms with van der Waals surface area (Å²) in [5.74, 6) is -2.12. The van der Waals surface area contributed by atoms with Gasteiger partial charge in [-0.1, -0.05) is 15.9 Å². The number of rotatable bonds is 4. The van der Waals surface area contributed by atoms with Gasteiger partial charge < -0.3 is 10.4 Å². The molecule has 0 spiro atoms. The molecule has 0 saturated heterocycles. The normalized spacial score (nSPS) is 9.71.